The van der Waals surface area contributed by atoms with Gasteiger partial charge in [0.15, 0.2) is 11.6 Å². The molecule has 84 valence electrons. The number of halogens is 1. The van der Waals surface area contributed by atoms with Gasteiger partial charge in [-0.25, -0.2) is 4.98 Å². The maximum Gasteiger partial charge on any atom is 0.171 e. The Labute approximate surface area is 95.7 Å². The van der Waals surface area contributed by atoms with Gasteiger partial charge < -0.3 is 15.3 Å². The Balaban J connectivity index is 0.00000112. The molecule has 0 aromatic carbocycles. The largest absolute Gasteiger partial charge is 0.504 e. The van der Waals surface area contributed by atoms with Crippen molar-refractivity contribution >= 4 is 18.2 Å². The van der Waals surface area contributed by atoms with E-state index in [1.807, 2.05) is 11.9 Å². The van der Waals surface area contributed by atoms with Gasteiger partial charge in [-0.3, -0.25) is 0 Å². The summed E-state index contributed by atoms with van der Waals surface area (Å²) in [6.45, 7) is 2.01. The topological polar surface area (TPSA) is 48.4 Å². The smallest absolute Gasteiger partial charge is 0.171 e. The van der Waals surface area contributed by atoms with E-state index in [1.54, 1.807) is 18.3 Å². The molecule has 0 bridgehead atoms. The molecular formula is C10H16ClN3O. The van der Waals surface area contributed by atoms with Crippen molar-refractivity contribution in [3.63, 3.8) is 0 Å². The molecule has 5 heteroatoms. The Morgan fingerprint density at radius 1 is 1.60 bits per heavy atom. The van der Waals surface area contributed by atoms with E-state index >= 15 is 0 Å². The zero-order valence-corrected chi connectivity index (χ0v) is 9.50. The van der Waals surface area contributed by atoms with Crippen molar-refractivity contribution in [3.8, 4) is 5.75 Å². The fourth-order valence-electron chi connectivity index (χ4n) is 1.80. The van der Waals surface area contributed by atoms with E-state index in [1.165, 1.54) is 0 Å². The molecule has 1 unspecified atom stereocenters. The molecule has 1 atom stereocenters. The monoisotopic (exact) mass is 229 g/mol. The highest BCUT2D eigenvalue weighted by molar-refractivity contribution is 5.85. The Morgan fingerprint density at radius 2 is 2.40 bits per heavy atom. The number of pyridine rings is 1. The minimum atomic E-state index is 0. The molecule has 0 spiro atoms. The van der Waals surface area contributed by atoms with Gasteiger partial charge in [0, 0.05) is 25.8 Å². The van der Waals surface area contributed by atoms with E-state index < -0.39 is 0 Å². The van der Waals surface area contributed by atoms with Crippen LogP contribution < -0.4 is 10.2 Å². The van der Waals surface area contributed by atoms with Gasteiger partial charge in [-0.05, 0) is 25.1 Å². The Bertz CT molecular complexity index is 315. The van der Waals surface area contributed by atoms with E-state index in [0.29, 0.717) is 11.9 Å². The standard InChI is InChI=1S/C10H15N3O.ClH/c1-13(8-4-6-11-7-8)10-9(14)3-2-5-12-10;/h2-3,5,8,11,14H,4,6-7H2,1H3;1H. The molecule has 4 nitrogen and oxygen atoms in total. The van der Waals surface area contributed by atoms with Crippen molar-refractivity contribution < 1.29 is 5.11 Å². The molecule has 0 amide bonds. The molecule has 1 aliphatic rings. The summed E-state index contributed by atoms with van der Waals surface area (Å²) in [5.74, 6) is 0.920. The lowest BCUT2D eigenvalue weighted by molar-refractivity contribution is 0.469. The third-order valence-corrected chi connectivity index (χ3v) is 2.68. The molecule has 1 saturated heterocycles. The summed E-state index contributed by atoms with van der Waals surface area (Å²) in [4.78, 5) is 6.21. The molecule has 0 aliphatic carbocycles. The van der Waals surface area contributed by atoms with Gasteiger partial charge in [0.2, 0.25) is 0 Å². The van der Waals surface area contributed by atoms with Crippen molar-refractivity contribution in [2.75, 3.05) is 25.0 Å². The Morgan fingerprint density at radius 3 is 3.00 bits per heavy atom. The van der Waals surface area contributed by atoms with Crippen LogP contribution in [-0.2, 0) is 0 Å². The second-order valence-corrected chi connectivity index (χ2v) is 3.60. The van der Waals surface area contributed by atoms with E-state index in [0.717, 1.165) is 19.5 Å². The summed E-state index contributed by atoms with van der Waals surface area (Å²) in [5.41, 5.74) is 0. The third kappa shape index (κ3) is 2.52. The first-order valence-corrected chi connectivity index (χ1v) is 4.86. The Hall–Kier alpha value is -1.00. The summed E-state index contributed by atoms with van der Waals surface area (Å²) in [6.07, 6.45) is 2.81. The first kappa shape index (κ1) is 12.1. The first-order chi connectivity index (χ1) is 6.79. The number of nitrogens with one attached hydrogen (secondary N) is 1. The van der Waals surface area contributed by atoms with Crippen molar-refractivity contribution in [2.24, 2.45) is 0 Å². The number of anilines is 1. The molecular weight excluding hydrogens is 214 g/mol. The van der Waals surface area contributed by atoms with Crippen molar-refractivity contribution in [3.05, 3.63) is 18.3 Å². The molecule has 1 aromatic rings. The average Bonchev–Trinajstić information content (AvgIpc) is 2.70. The van der Waals surface area contributed by atoms with Gasteiger partial charge in [-0.2, -0.15) is 0 Å². The minimum Gasteiger partial charge on any atom is -0.504 e. The van der Waals surface area contributed by atoms with Crippen LogP contribution in [0, 0.1) is 0 Å². The summed E-state index contributed by atoms with van der Waals surface area (Å²) in [6, 6.07) is 3.84. The maximum atomic E-state index is 9.62. The highest BCUT2D eigenvalue weighted by Gasteiger charge is 2.21. The lowest BCUT2D eigenvalue weighted by atomic mass is 10.2. The first-order valence-electron chi connectivity index (χ1n) is 4.86. The summed E-state index contributed by atoms with van der Waals surface area (Å²) >= 11 is 0. The van der Waals surface area contributed by atoms with Crippen LogP contribution in [0.1, 0.15) is 6.42 Å². The van der Waals surface area contributed by atoms with Crippen LogP contribution in [0.25, 0.3) is 0 Å². The van der Waals surface area contributed by atoms with E-state index in [2.05, 4.69) is 10.3 Å². The lowest BCUT2D eigenvalue weighted by Gasteiger charge is -2.25. The van der Waals surface area contributed by atoms with Crippen molar-refractivity contribution in [2.45, 2.75) is 12.5 Å². The summed E-state index contributed by atoms with van der Waals surface area (Å²) in [7, 11) is 1.97. The third-order valence-electron chi connectivity index (χ3n) is 2.68. The number of aromatic hydroxyl groups is 1. The number of hydrogen-bond donors (Lipinski definition) is 2. The van der Waals surface area contributed by atoms with Crippen molar-refractivity contribution in [1.82, 2.24) is 10.3 Å². The number of likely N-dealkylation sites (N-methyl/N-ethyl adjacent to an activating group) is 1. The van der Waals surface area contributed by atoms with Gasteiger partial charge in [-0.15, -0.1) is 12.4 Å². The molecule has 1 aliphatic heterocycles. The molecule has 0 saturated carbocycles. The van der Waals surface area contributed by atoms with Gasteiger partial charge >= 0.3 is 0 Å². The lowest BCUT2D eigenvalue weighted by Crippen LogP contribution is -2.33. The van der Waals surface area contributed by atoms with E-state index in [-0.39, 0.29) is 18.2 Å². The van der Waals surface area contributed by atoms with Gasteiger partial charge in [-0.1, -0.05) is 0 Å². The Kier molecular flexibility index (Phi) is 4.17. The van der Waals surface area contributed by atoms with Gasteiger partial charge in [0.05, 0.1) is 0 Å². The maximum absolute atomic E-state index is 9.62. The van der Waals surface area contributed by atoms with Crippen LogP contribution >= 0.6 is 12.4 Å². The van der Waals surface area contributed by atoms with Crippen LogP contribution in [0.2, 0.25) is 0 Å². The molecule has 2 N–H and O–H groups in total. The zero-order chi connectivity index (χ0) is 9.97. The summed E-state index contributed by atoms with van der Waals surface area (Å²) in [5, 5.41) is 12.9. The van der Waals surface area contributed by atoms with Crippen LogP contribution in [0.4, 0.5) is 5.82 Å². The van der Waals surface area contributed by atoms with Crippen LogP contribution in [-0.4, -0.2) is 36.3 Å². The van der Waals surface area contributed by atoms with Gasteiger partial charge in [0.1, 0.15) is 0 Å². The van der Waals surface area contributed by atoms with Crippen LogP contribution in [0.15, 0.2) is 18.3 Å². The summed E-state index contributed by atoms with van der Waals surface area (Å²) < 4.78 is 0. The van der Waals surface area contributed by atoms with E-state index in [4.69, 9.17) is 0 Å². The SMILES string of the molecule is CN(c1ncccc1O)C1CCNC1.Cl. The fourth-order valence-corrected chi connectivity index (χ4v) is 1.80. The van der Waals surface area contributed by atoms with Crippen molar-refractivity contribution in [1.29, 1.82) is 0 Å². The highest BCUT2D eigenvalue weighted by atomic mass is 35.5. The quantitative estimate of drug-likeness (QED) is 0.795. The van der Waals surface area contributed by atoms with Crippen LogP contribution in [0.3, 0.4) is 0 Å². The fraction of sp³-hybridized carbons (Fsp3) is 0.500. The molecule has 2 heterocycles. The van der Waals surface area contributed by atoms with Gasteiger partial charge in [0.25, 0.3) is 0 Å². The second kappa shape index (κ2) is 5.19. The molecule has 2 rings (SSSR count). The molecule has 1 fully saturated rings. The predicted octanol–water partition coefficient (Wildman–Crippen LogP) is 1.01. The molecule has 15 heavy (non-hydrogen) atoms. The number of nitrogens with zero attached hydrogens (tertiary/aromatic N) is 2. The predicted molar refractivity (Wildman–Crippen MR) is 62.8 cm³/mol. The molecule has 1 aromatic heterocycles. The molecule has 0 radical (unpaired) electrons. The number of aromatic nitrogens is 1. The average molecular weight is 230 g/mol. The number of hydrogen-bond acceptors (Lipinski definition) is 4. The zero-order valence-electron chi connectivity index (χ0n) is 8.68. The number of rotatable bonds is 2. The highest BCUT2D eigenvalue weighted by Crippen LogP contribution is 2.25. The minimum absolute atomic E-state index is 0. The van der Waals surface area contributed by atoms with Crippen LogP contribution in [0.5, 0.6) is 5.75 Å². The van der Waals surface area contributed by atoms with E-state index in [9.17, 15) is 5.11 Å². The normalized spacial score (nSPS) is 19.7. The second-order valence-electron chi connectivity index (χ2n) is 3.60.